The van der Waals surface area contributed by atoms with E-state index < -0.39 is 0 Å². The molecule has 0 spiro atoms. The number of hydrogen-bond donors (Lipinski definition) is 2. The first-order valence-electron chi connectivity index (χ1n) is 12.9. The van der Waals surface area contributed by atoms with Crippen molar-refractivity contribution in [3.63, 3.8) is 0 Å². The summed E-state index contributed by atoms with van der Waals surface area (Å²) >= 11 is 1.74. The molecule has 1 aliphatic heterocycles. The van der Waals surface area contributed by atoms with Gasteiger partial charge in [0, 0.05) is 16.7 Å². The maximum Gasteiger partial charge on any atom is 0.291 e. The van der Waals surface area contributed by atoms with Gasteiger partial charge in [0.05, 0.1) is 6.61 Å². The second-order valence-electron chi connectivity index (χ2n) is 11.3. The number of thioether (sulfide) groups is 1. The topological polar surface area (TPSA) is 76.4 Å². The number of piperidine rings is 1. The van der Waals surface area contributed by atoms with Crippen molar-refractivity contribution in [3.05, 3.63) is 17.9 Å². The van der Waals surface area contributed by atoms with Crippen molar-refractivity contribution < 1.29 is 14.1 Å². The Morgan fingerprint density at radius 2 is 1.97 bits per heavy atom. The van der Waals surface area contributed by atoms with Gasteiger partial charge in [0.25, 0.3) is 11.8 Å². The molecular formula is C26H39N3O3S. The van der Waals surface area contributed by atoms with Gasteiger partial charge in [-0.2, -0.15) is 0 Å². The molecule has 0 unspecified atom stereocenters. The summed E-state index contributed by atoms with van der Waals surface area (Å²) in [6, 6.07) is 0.103. The fourth-order valence-electron chi connectivity index (χ4n) is 6.24. The lowest BCUT2D eigenvalue weighted by molar-refractivity contribution is 0.0844. The molecule has 2 N–H and O–H groups in total. The van der Waals surface area contributed by atoms with E-state index in [9.17, 15) is 4.79 Å². The Labute approximate surface area is 202 Å². The Kier molecular flexibility index (Phi) is 6.55. The molecule has 2 heterocycles. The van der Waals surface area contributed by atoms with Crippen molar-refractivity contribution in [2.45, 2.75) is 88.3 Å². The van der Waals surface area contributed by atoms with E-state index in [1.807, 2.05) is 0 Å². The summed E-state index contributed by atoms with van der Waals surface area (Å²) in [5, 5.41) is 11.5. The second kappa shape index (κ2) is 9.29. The predicted molar refractivity (Wildman–Crippen MR) is 131 cm³/mol. The minimum Gasteiger partial charge on any atom is -0.474 e. The molecule has 6 nitrogen and oxygen atoms in total. The molecule has 1 aromatic rings. The van der Waals surface area contributed by atoms with Gasteiger partial charge >= 0.3 is 0 Å². The summed E-state index contributed by atoms with van der Waals surface area (Å²) in [6.07, 6.45) is 14.0. The summed E-state index contributed by atoms with van der Waals surface area (Å²) in [6.45, 7) is 9.61. The molecule has 2 bridgehead atoms. The number of fused-ring (bicyclic) bond motifs is 2. The van der Waals surface area contributed by atoms with Crippen LogP contribution in [0.15, 0.2) is 21.6 Å². The Morgan fingerprint density at radius 1 is 1.21 bits per heavy atom. The van der Waals surface area contributed by atoms with Gasteiger partial charge < -0.3 is 19.9 Å². The van der Waals surface area contributed by atoms with E-state index >= 15 is 0 Å². The average molecular weight is 474 g/mol. The largest absolute Gasteiger partial charge is 0.474 e. The zero-order chi connectivity index (χ0) is 23.1. The maximum atomic E-state index is 13.5. The van der Waals surface area contributed by atoms with Gasteiger partial charge in [0.1, 0.15) is 4.90 Å². The van der Waals surface area contributed by atoms with Crippen molar-refractivity contribution >= 4 is 17.7 Å². The number of rotatable bonds is 7. The van der Waals surface area contributed by atoms with Gasteiger partial charge in [-0.15, -0.1) is 11.8 Å². The third kappa shape index (κ3) is 4.36. The SMILES string of the molecule is CC1(C)[C@H]2C=C[C@]1(C)[C@@H](NC(=O)c1onc(OCC3CCNCC3)c1SC1CCCCC1)C2. The molecule has 1 amide bonds. The van der Waals surface area contributed by atoms with E-state index in [1.54, 1.807) is 11.8 Å². The Bertz CT molecular complexity index is 885. The lowest BCUT2D eigenvalue weighted by Crippen LogP contribution is -2.46. The monoisotopic (exact) mass is 473 g/mol. The zero-order valence-electron chi connectivity index (χ0n) is 20.3. The van der Waals surface area contributed by atoms with Crippen LogP contribution in [0.2, 0.25) is 0 Å². The van der Waals surface area contributed by atoms with Crippen LogP contribution in [0.25, 0.3) is 0 Å². The number of nitrogens with one attached hydrogen (secondary N) is 2. The normalized spacial score (nSPS) is 31.7. The number of carbonyl (C=O) groups excluding carboxylic acids is 1. The lowest BCUT2D eigenvalue weighted by atomic mass is 9.69. The first kappa shape index (κ1) is 23.3. The number of nitrogens with zero attached hydrogens (tertiary/aromatic N) is 1. The Balaban J connectivity index is 1.32. The van der Waals surface area contributed by atoms with Crippen molar-refractivity contribution in [3.8, 4) is 5.88 Å². The minimum atomic E-state index is -0.152. The van der Waals surface area contributed by atoms with Crippen LogP contribution in [0.4, 0.5) is 0 Å². The van der Waals surface area contributed by atoms with E-state index in [2.05, 4.69) is 48.7 Å². The van der Waals surface area contributed by atoms with Crippen LogP contribution in [-0.4, -0.2) is 42.1 Å². The standard InChI is InChI=1S/C26H39N3O3S/c1-25(2)18-9-12-26(25,3)20(15-18)28-23(30)21-22(33-19-7-5-4-6-8-19)24(29-32-21)31-16-17-10-13-27-14-11-17/h9,12,17-20,27H,4-8,10-11,13-16H2,1-3H3,(H,28,30)/t18-,20-,26+/m0/s1. The molecule has 4 aliphatic rings. The van der Waals surface area contributed by atoms with E-state index in [1.165, 1.54) is 32.1 Å². The molecular weight excluding hydrogens is 434 g/mol. The van der Waals surface area contributed by atoms with E-state index in [0.717, 1.165) is 37.2 Å². The molecule has 182 valence electrons. The van der Waals surface area contributed by atoms with Crippen molar-refractivity contribution in [1.29, 1.82) is 0 Å². The average Bonchev–Trinajstić information content (AvgIpc) is 3.38. The van der Waals surface area contributed by atoms with Crippen LogP contribution >= 0.6 is 11.8 Å². The van der Waals surface area contributed by atoms with Crippen LogP contribution in [0.1, 0.15) is 82.7 Å². The molecule has 3 atom stereocenters. The number of allylic oxidation sites excluding steroid dienone is 1. The van der Waals surface area contributed by atoms with Gasteiger partial charge in [-0.1, -0.05) is 52.2 Å². The fraction of sp³-hybridized carbons (Fsp3) is 0.769. The smallest absolute Gasteiger partial charge is 0.291 e. The predicted octanol–water partition coefficient (Wildman–Crippen LogP) is 5.20. The highest BCUT2D eigenvalue weighted by Gasteiger charge is 2.59. The molecule has 3 aliphatic carbocycles. The summed E-state index contributed by atoms with van der Waals surface area (Å²) in [4.78, 5) is 14.3. The third-order valence-electron chi connectivity index (χ3n) is 9.09. The van der Waals surface area contributed by atoms with Gasteiger partial charge in [-0.3, -0.25) is 4.79 Å². The highest BCUT2D eigenvalue weighted by molar-refractivity contribution is 8.00. The fourth-order valence-corrected chi connectivity index (χ4v) is 7.58. The summed E-state index contributed by atoms with van der Waals surface area (Å²) in [7, 11) is 0. The van der Waals surface area contributed by atoms with Crippen LogP contribution in [0.3, 0.4) is 0 Å². The summed E-state index contributed by atoms with van der Waals surface area (Å²) in [5.74, 6) is 1.71. The van der Waals surface area contributed by atoms with Crippen LogP contribution < -0.4 is 15.4 Å². The Hall–Kier alpha value is -1.47. The Morgan fingerprint density at radius 3 is 2.64 bits per heavy atom. The van der Waals surface area contributed by atoms with Crippen molar-refractivity contribution in [2.75, 3.05) is 19.7 Å². The highest BCUT2D eigenvalue weighted by atomic mass is 32.2. The quantitative estimate of drug-likeness (QED) is 0.530. The van der Waals surface area contributed by atoms with E-state index in [-0.39, 0.29) is 22.8 Å². The molecule has 1 aromatic heterocycles. The number of aromatic nitrogens is 1. The van der Waals surface area contributed by atoms with E-state index in [0.29, 0.717) is 35.3 Å². The molecule has 2 saturated carbocycles. The molecule has 0 radical (unpaired) electrons. The van der Waals surface area contributed by atoms with Gasteiger partial charge in [0.15, 0.2) is 0 Å². The maximum absolute atomic E-state index is 13.5. The number of carbonyl (C=O) groups is 1. The summed E-state index contributed by atoms with van der Waals surface area (Å²) in [5.41, 5.74) is 0.105. The molecule has 0 aromatic carbocycles. The summed E-state index contributed by atoms with van der Waals surface area (Å²) < 4.78 is 11.9. The van der Waals surface area contributed by atoms with Crippen molar-refractivity contribution in [1.82, 2.24) is 15.8 Å². The van der Waals surface area contributed by atoms with E-state index in [4.69, 9.17) is 9.26 Å². The molecule has 7 heteroatoms. The van der Waals surface area contributed by atoms with Gasteiger partial charge in [-0.25, -0.2) is 0 Å². The highest BCUT2D eigenvalue weighted by Crippen LogP contribution is 2.61. The number of hydrogen-bond acceptors (Lipinski definition) is 6. The second-order valence-corrected chi connectivity index (χ2v) is 12.6. The first-order valence-corrected chi connectivity index (χ1v) is 13.8. The number of ether oxygens (including phenoxy) is 1. The number of amides is 1. The lowest BCUT2D eigenvalue weighted by Gasteiger charge is -2.38. The molecule has 5 rings (SSSR count). The van der Waals surface area contributed by atoms with Gasteiger partial charge in [-0.05, 0) is 67.6 Å². The van der Waals surface area contributed by atoms with Crippen LogP contribution in [0.5, 0.6) is 5.88 Å². The minimum absolute atomic E-state index is 0.0433. The van der Waals surface area contributed by atoms with Gasteiger partial charge in [0.2, 0.25) is 5.76 Å². The molecule has 33 heavy (non-hydrogen) atoms. The molecule has 1 saturated heterocycles. The third-order valence-corrected chi connectivity index (χ3v) is 10.5. The van der Waals surface area contributed by atoms with Crippen LogP contribution in [-0.2, 0) is 0 Å². The molecule has 3 fully saturated rings. The zero-order valence-corrected chi connectivity index (χ0v) is 21.1. The van der Waals surface area contributed by atoms with Crippen LogP contribution in [0, 0.1) is 22.7 Å². The first-order chi connectivity index (χ1) is 15.9. The van der Waals surface area contributed by atoms with Crippen molar-refractivity contribution in [2.24, 2.45) is 22.7 Å².